The highest BCUT2D eigenvalue weighted by atomic mass is 19.1. The van der Waals surface area contributed by atoms with E-state index >= 15 is 0 Å². The number of benzene rings is 1. The van der Waals surface area contributed by atoms with Gasteiger partial charge in [-0.3, -0.25) is 0 Å². The van der Waals surface area contributed by atoms with E-state index in [1.807, 2.05) is 6.07 Å². The van der Waals surface area contributed by atoms with Gasteiger partial charge >= 0.3 is 0 Å². The summed E-state index contributed by atoms with van der Waals surface area (Å²) in [7, 11) is 0. The Morgan fingerprint density at radius 1 is 1.53 bits per heavy atom. The molecule has 0 fully saturated rings. The number of allylic oxidation sites excluding steroid dienone is 1. The van der Waals surface area contributed by atoms with Gasteiger partial charge in [0.05, 0.1) is 12.2 Å². The maximum absolute atomic E-state index is 13.1. The van der Waals surface area contributed by atoms with Gasteiger partial charge in [-0.2, -0.15) is 10.4 Å². The van der Waals surface area contributed by atoms with Gasteiger partial charge in [0.15, 0.2) is 0 Å². The molecule has 0 spiro atoms. The van der Waals surface area contributed by atoms with E-state index < -0.39 is 0 Å². The molecule has 0 aliphatic heterocycles. The van der Waals surface area contributed by atoms with Crippen molar-refractivity contribution in [3.63, 3.8) is 0 Å². The van der Waals surface area contributed by atoms with Crippen molar-refractivity contribution in [2.75, 3.05) is 5.73 Å². The molecule has 96 valence electrons. The highest BCUT2D eigenvalue weighted by Gasteiger charge is 2.15. The molecule has 0 aliphatic carbocycles. The molecule has 2 aromatic rings. The zero-order valence-corrected chi connectivity index (χ0v) is 10.3. The third-order valence-electron chi connectivity index (χ3n) is 2.74. The van der Waals surface area contributed by atoms with Gasteiger partial charge in [0, 0.05) is 6.42 Å². The lowest BCUT2D eigenvalue weighted by molar-refractivity contribution is 0.625. The minimum absolute atomic E-state index is 0.311. The molecule has 19 heavy (non-hydrogen) atoms. The number of nitrogen functional groups attached to an aromatic ring is 1. The predicted octanol–water partition coefficient (Wildman–Crippen LogP) is 2.25. The monoisotopic (exact) mass is 256 g/mol. The summed E-state index contributed by atoms with van der Waals surface area (Å²) in [6.07, 6.45) is 2.02. The number of nitrogens with two attached hydrogens (primary N) is 1. The second-order valence-corrected chi connectivity index (χ2v) is 4.10. The first-order valence-electron chi connectivity index (χ1n) is 5.76. The van der Waals surface area contributed by atoms with Crippen molar-refractivity contribution in [1.29, 1.82) is 5.26 Å². The molecule has 2 N–H and O–H groups in total. The van der Waals surface area contributed by atoms with Crippen molar-refractivity contribution in [1.82, 2.24) is 9.78 Å². The van der Waals surface area contributed by atoms with Crippen molar-refractivity contribution in [3.05, 3.63) is 59.6 Å². The molecule has 0 bridgehead atoms. The van der Waals surface area contributed by atoms with Crippen molar-refractivity contribution in [2.24, 2.45) is 0 Å². The molecule has 0 aliphatic rings. The summed E-state index contributed by atoms with van der Waals surface area (Å²) in [5.74, 6) is 0.00306. The zero-order chi connectivity index (χ0) is 13.8. The lowest BCUT2D eigenvalue weighted by Crippen LogP contribution is -2.03. The van der Waals surface area contributed by atoms with Gasteiger partial charge in [0.1, 0.15) is 23.3 Å². The molecular formula is C14H13FN4. The maximum Gasteiger partial charge on any atom is 0.140 e. The summed E-state index contributed by atoms with van der Waals surface area (Å²) in [5.41, 5.74) is 7.48. The van der Waals surface area contributed by atoms with Crippen LogP contribution in [-0.2, 0) is 13.0 Å². The fraction of sp³-hybridized carbons (Fsp3) is 0.143. The van der Waals surface area contributed by atoms with Crippen LogP contribution >= 0.6 is 0 Å². The van der Waals surface area contributed by atoms with E-state index in [-0.39, 0.29) is 5.82 Å². The highest BCUT2D eigenvalue weighted by Crippen LogP contribution is 2.19. The summed E-state index contributed by atoms with van der Waals surface area (Å²) in [5, 5.41) is 13.4. The van der Waals surface area contributed by atoms with Crippen LogP contribution in [0.15, 0.2) is 36.9 Å². The number of nitriles is 1. The number of hydrogen-bond acceptors (Lipinski definition) is 3. The Bertz CT molecular complexity index is 652. The number of aromatic nitrogens is 2. The number of hydrogen-bond donors (Lipinski definition) is 1. The summed E-state index contributed by atoms with van der Waals surface area (Å²) < 4.78 is 14.6. The molecule has 2 rings (SSSR count). The Kier molecular flexibility index (Phi) is 3.62. The lowest BCUT2D eigenvalue weighted by Gasteiger charge is -1.99. The summed E-state index contributed by atoms with van der Waals surface area (Å²) in [6.45, 7) is 4.04. The van der Waals surface area contributed by atoms with Gasteiger partial charge in [-0.15, -0.1) is 6.58 Å². The second-order valence-electron chi connectivity index (χ2n) is 4.10. The van der Waals surface area contributed by atoms with Gasteiger partial charge in [0.25, 0.3) is 0 Å². The van der Waals surface area contributed by atoms with Crippen LogP contribution in [-0.4, -0.2) is 9.78 Å². The molecule has 1 heterocycles. The molecule has 4 nitrogen and oxygen atoms in total. The molecule has 0 atom stereocenters. The molecule has 0 saturated heterocycles. The Balaban J connectivity index is 2.37. The summed E-state index contributed by atoms with van der Waals surface area (Å²) >= 11 is 0. The predicted molar refractivity (Wildman–Crippen MR) is 70.8 cm³/mol. The minimum Gasteiger partial charge on any atom is -0.383 e. The Labute approximate surface area is 110 Å². The van der Waals surface area contributed by atoms with E-state index in [4.69, 9.17) is 11.0 Å². The van der Waals surface area contributed by atoms with Crippen molar-refractivity contribution in [2.45, 2.75) is 13.0 Å². The first kappa shape index (κ1) is 12.8. The highest BCUT2D eigenvalue weighted by molar-refractivity contribution is 5.53. The van der Waals surface area contributed by atoms with Crippen LogP contribution in [0.2, 0.25) is 0 Å². The third kappa shape index (κ3) is 2.63. The fourth-order valence-corrected chi connectivity index (χ4v) is 1.87. The van der Waals surface area contributed by atoms with E-state index in [2.05, 4.69) is 11.7 Å². The van der Waals surface area contributed by atoms with Crippen LogP contribution in [0.25, 0.3) is 0 Å². The third-order valence-corrected chi connectivity index (χ3v) is 2.74. The lowest BCUT2D eigenvalue weighted by atomic mass is 10.1. The quantitative estimate of drug-likeness (QED) is 0.853. The number of nitrogens with zero attached hydrogens (tertiary/aromatic N) is 3. The first-order valence-corrected chi connectivity index (χ1v) is 5.76. The molecule has 0 unspecified atom stereocenters. The average molecular weight is 256 g/mol. The van der Waals surface area contributed by atoms with E-state index in [0.717, 1.165) is 5.56 Å². The number of rotatable bonds is 4. The number of anilines is 1. The zero-order valence-electron chi connectivity index (χ0n) is 10.3. The van der Waals surface area contributed by atoms with Crippen LogP contribution in [0.4, 0.5) is 10.2 Å². The second kappa shape index (κ2) is 5.36. The van der Waals surface area contributed by atoms with Crippen molar-refractivity contribution < 1.29 is 4.39 Å². The van der Waals surface area contributed by atoms with Crippen molar-refractivity contribution in [3.8, 4) is 6.07 Å². The summed E-state index contributed by atoms with van der Waals surface area (Å²) in [4.78, 5) is 0. The first-order chi connectivity index (χ1) is 9.15. The maximum atomic E-state index is 13.1. The van der Waals surface area contributed by atoms with E-state index in [0.29, 0.717) is 30.0 Å². The van der Waals surface area contributed by atoms with Crippen LogP contribution in [0.3, 0.4) is 0 Å². The average Bonchev–Trinajstić information content (AvgIpc) is 2.66. The SMILES string of the molecule is C=CCn1nc(Cc2cccc(F)c2)c(C#N)c1N. The van der Waals surface area contributed by atoms with Crippen LogP contribution < -0.4 is 5.73 Å². The molecular weight excluding hydrogens is 243 g/mol. The Morgan fingerprint density at radius 3 is 2.95 bits per heavy atom. The summed E-state index contributed by atoms with van der Waals surface area (Å²) in [6, 6.07) is 8.25. The fourth-order valence-electron chi connectivity index (χ4n) is 1.87. The van der Waals surface area contributed by atoms with E-state index in [1.54, 1.807) is 18.2 Å². The van der Waals surface area contributed by atoms with Gasteiger partial charge in [0.2, 0.25) is 0 Å². The van der Waals surface area contributed by atoms with E-state index in [1.165, 1.54) is 16.8 Å². The smallest absolute Gasteiger partial charge is 0.140 e. The Morgan fingerprint density at radius 2 is 2.32 bits per heavy atom. The Hall–Kier alpha value is -2.61. The van der Waals surface area contributed by atoms with Crippen LogP contribution in [0.5, 0.6) is 0 Å². The van der Waals surface area contributed by atoms with Crippen LogP contribution in [0, 0.1) is 17.1 Å². The molecule has 1 aromatic heterocycles. The number of halogens is 1. The minimum atomic E-state index is -0.311. The molecule has 1 aromatic carbocycles. The van der Waals surface area contributed by atoms with Gasteiger partial charge in [-0.25, -0.2) is 9.07 Å². The van der Waals surface area contributed by atoms with Gasteiger partial charge < -0.3 is 5.73 Å². The van der Waals surface area contributed by atoms with E-state index in [9.17, 15) is 4.39 Å². The largest absolute Gasteiger partial charge is 0.383 e. The van der Waals surface area contributed by atoms with Crippen LogP contribution in [0.1, 0.15) is 16.8 Å². The molecule has 0 saturated carbocycles. The molecule has 0 amide bonds. The van der Waals surface area contributed by atoms with Gasteiger partial charge in [-0.05, 0) is 17.7 Å². The standard InChI is InChI=1S/C14H13FN4/c1-2-6-19-14(17)12(9-16)13(18-19)8-10-4-3-5-11(15)7-10/h2-5,7H,1,6,8,17H2. The normalized spacial score (nSPS) is 10.1. The molecule has 0 radical (unpaired) electrons. The topological polar surface area (TPSA) is 67.6 Å². The van der Waals surface area contributed by atoms with Gasteiger partial charge in [-0.1, -0.05) is 18.2 Å². The van der Waals surface area contributed by atoms with Crippen molar-refractivity contribution >= 4 is 5.82 Å². The molecule has 5 heteroatoms.